The van der Waals surface area contributed by atoms with Crippen molar-refractivity contribution in [1.29, 1.82) is 0 Å². The third-order valence-corrected chi connectivity index (χ3v) is 3.16. The summed E-state index contributed by atoms with van der Waals surface area (Å²) in [5.41, 5.74) is 1.62. The summed E-state index contributed by atoms with van der Waals surface area (Å²) in [6.45, 7) is 6.07. The topological polar surface area (TPSA) is 58.6 Å². The molecule has 21 heavy (non-hydrogen) atoms. The van der Waals surface area contributed by atoms with E-state index in [4.69, 9.17) is 4.74 Å². The zero-order valence-electron chi connectivity index (χ0n) is 13.2. The predicted octanol–water partition coefficient (Wildman–Crippen LogP) is 2.27. The summed E-state index contributed by atoms with van der Waals surface area (Å²) in [4.78, 5) is 25.3. The second-order valence-corrected chi connectivity index (χ2v) is 4.98. The van der Waals surface area contributed by atoms with Crippen molar-refractivity contribution in [3.8, 4) is 5.75 Å². The third kappa shape index (κ3) is 5.10. The maximum absolute atomic E-state index is 11.9. The Kier molecular flexibility index (Phi) is 6.72. The van der Waals surface area contributed by atoms with E-state index in [-0.39, 0.29) is 18.4 Å². The summed E-state index contributed by atoms with van der Waals surface area (Å²) in [7, 11) is 1.55. The van der Waals surface area contributed by atoms with Gasteiger partial charge in [-0.1, -0.05) is 19.4 Å². The fraction of sp³-hybridized carbons (Fsp3) is 0.500. The Balaban J connectivity index is 2.89. The normalized spacial score (nSPS) is 10.1. The van der Waals surface area contributed by atoms with Gasteiger partial charge < -0.3 is 10.1 Å². The van der Waals surface area contributed by atoms with Gasteiger partial charge in [-0.15, -0.1) is 0 Å². The van der Waals surface area contributed by atoms with Crippen LogP contribution in [0.2, 0.25) is 0 Å². The van der Waals surface area contributed by atoms with Crippen molar-refractivity contribution in [2.24, 2.45) is 0 Å². The molecular weight excluding hydrogens is 268 g/mol. The first-order valence-corrected chi connectivity index (χ1v) is 7.19. The van der Waals surface area contributed by atoms with E-state index >= 15 is 0 Å². The van der Waals surface area contributed by atoms with Gasteiger partial charge >= 0.3 is 0 Å². The van der Waals surface area contributed by atoms with Gasteiger partial charge in [0, 0.05) is 13.5 Å². The molecule has 1 rings (SSSR count). The summed E-state index contributed by atoms with van der Waals surface area (Å²) >= 11 is 0. The van der Waals surface area contributed by atoms with E-state index < -0.39 is 0 Å². The number of ether oxygens (including phenoxy) is 1. The number of rotatable bonds is 7. The predicted molar refractivity (Wildman–Crippen MR) is 83.7 cm³/mol. The summed E-state index contributed by atoms with van der Waals surface area (Å²) in [5.74, 6) is 0.226. The summed E-state index contributed by atoms with van der Waals surface area (Å²) in [5, 5.41) is 2.82. The number of amides is 2. The van der Waals surface area contributed by atoms with Crippen molar-refractivity contribution in [3.63, 3.8) is 0 Å². The molecule has 1 aromatic carbocycles. The molecule has 5 heteroatoms. The Hall–Kier alpha value is -2.04. The number of carbonyl (C=O) groups excluding carboxylic acids is 2. The molecule has 0 heterocycles. The molecule has 0 atom stereocenters. The molecule has 0 aliphatic heterocycles. The van der Waals surface area contributed by atoms with E-state index in [9.17, 15) is 9.59 Å². The monoisotopic (exact) mass is 292 g/mol. The average Bonchev–Trinajstić information content (AvgIpc) is 2.44. The maximum atomic E-state index is 11.9. The SMILES string of the molecule is CCCCNC(=O)CN(C(C)=O)c1cc(C)ccc1OC. The van der Waals surface area contributed by atoms with Crippen molar-refractivity contribution < 1.29 is 14.3 Å². The molecule has 0 spiro atoms. The molecule has 0 saturated carbocycles. The van der Waals surface area contributed by atoms with Crippen LogP contribution in [0.5, 0.6) is 5.75 Å². The smallest absolute Gasteiger partial charge is 0.240 e. The lowest BCUT2D eigenvalue weighted by Gasteiger charge is -2.23. The number of anilines is 1. The number of hydrogen-bond acceptors (Lipinski definition) is 3. The minimum atomic E-state index is -0.190. The van der Waals surface area contributed by atoms with Crippen LogP contribution in [0.3, 0.4) is 0 Å². The molecule has 1 N–H and O–H groups in total. The van der Waals surface area contributed by atoms with Crippen LogP contribution in [0.4, 0.5) is 5.69 Å². The summed E-state index contributed by atoms with van der Waals surface area (Å²) in [6, 6.07) is 5.55. The molecule has 0 unspecified atom stereocenters. The number of aryl methyl sites for hydroxylation is 1. The molecule has 0 fully saturated rings. The zero-order chi connectivity index (χ0) is 15.8. The van der Waals surface area contributed by atoms with E-state index in [1.54, 1.807) is 13.2 Å². The lowest BCUT2D eigenvalue weighted by atomic mass is 10.2. The van der Waals surface area contributed by atoms with Gasteiger partial charge in [0.25, 0.3) is 0 Å². The Labute approximate surface area is 126 Å². The van der Waals surface area contributed by atoms with Crippen LogP contribution in [-0.2, 0) is 9.59 Å². The van der Waals surface area contributed by atoms with E-state index in [0.717, 1.165) is 18.4 Å². The molecule has 116 valence electrons. The van der Waals surface area contributed by atoms with Gasteiger partial charge in [0.1, 0.15) is 12.3 Å². The van der Waals surface area contributed by atoms with E-state index in [0.29, 0.717) is 18.0 Å². The molecule has 0 aromatic heterocycles. The number of nitrogens with one attached hydrogen (secondary N) is 1. The van der Waals surface area contributed by atoms with Gasteiger partial charge in [0.05, 0.1) is 12.8 Å². The second-order valence-electron chi connectivity index (χ2n) is 4.98. The Bertz CT molecular complexity index is 500. The second kappa shape index (κ2) is 8.29. The third-order valence-electron chi connectivity index (χ3n) is 3.16. The highest BCUT2D eigenvalue weighted by Crippen LogP contribution is 2.29. The number of methoxy groups -OCH3 is 1. The van der Waals surface area contributed by atoms with Gasteiger partial charge in [-0.05, 0) is 31.0 Å². The number of hydrogen-bond donors (Lipinski definition) is 1. The fourth-order valence-electron chi connectivity index (χ4n) is 1.98. The average molecular weight is 292 g/mol. The largest absolute Gasteiger partial charge is 0.495 e. The summed E-state index contributed by atoms with van der Waals surface area (Å²) < 4.78 is 5.29. The fourth-order valence-corrected chi connectivity index (χ4v) is 1.98. The minimum absolute atomic E-state index is 0.00113. The maximum Gasteiger partial charge on any atom is 0.240 e. The molecule has 1 aromatic rings. The molecule has 0 aliphatic carbocycles. The van der Waals surface area contributed by atoms with Gasteiger partial charge in [-0.25, -0.2) is 0 Å². The first-order valence-electron chi connectivity index (χ1n) is 7.19. The molecule has 0 saturated heterocycles. The number of benzene rings is 1. The van der Waals surface area contributed by atoms with Crippen molar-refractivity contribution >= 4 is 17.5 Å². The van der Waals surface area contributed by atoms with Crippen LogP contribution in [0, 0.1) is 6.92 Å². The number of carbonyl (C=O) groups is 2. The molecule has 5 nitrogen and oxygen atoms in total. The van der Waals surface area contributed by atoms with Crippen molar-refractivity contribution in [2.45, 2.75) is 33.6 Å². The first kappa shape index (κ1) is 17.0. The van der Waals surface area contributed by atoms with Crippen molar-refractivity contribution in [2.75, 3.05) is 25.1 Å². The van der Waals surface area contributed by atoms with Crippen molar-refractivity contribution in [3.05, 3.63) is 23.8 Å². The van der Waals surface area contributed by atoms with Crippen LogP contribution >= 0.6 is 0 Å². The Morgan fingerprint density at radius 3 is 2.62 bits per heavy atom. The highest BCUT2D eigenvalue weighted by molar-refractivity contribution is 5.98. The van der Waals surface area contributed by atoms with Gasteiger partial charge in [-0.3, -0.25) is 14.5 Å². The minimum Gasteiger partial charge on any atom is -0.495 e. The summed E-state index contributed by atoms with van der Waals surface area (Å²) in [6.07, 6.45) is 1.95. The standard InChI is InChI=1S/C16H24N2O3/c1-5-6-9-17-16(20)11-18(13(3)19)14-10-12(2)7-8-15(14)21-4/h7-8,10H,5-6,9,11H2,1-4H3,(H,17,20). The zero-order valence-corrected chi connectivity index (χ0v) is 13.2. The first-order chi connectivity index (χ1) is 9.99. The van der Waals surface area contributed by atoms with E-state index in [1.165, 1.54) is 11.8 Å². The van der Waals surface area contributed by atoms with Crippen LogP contribution < -0.4 is 15.0 Å². The number of nitrogens with zero attached hydrogens (tertiary/aromatic N) is 1. The lowest BCUT2D eigenvalue weighted by molar-refractivity contribution is -0.123. The van der Waals surface area contributed by atoms with Crippen LogP contribution in [0.1, 0.15) is 32.3 Å². The quantitative estimate of drug-likeness (QED) is 0.784. The van der Waals surface area contributed by atoms with Gasteiger partial charge in [0.15, 0.2) is 0 Å². The van der Waals surface area contributed by atoms with Crippen LogP contribution in [0.25, 0.3) is 0 Å². The molecule has 0 radical (unpaired) electrons. The lowest BCUT2D eigenvalue weighted by Crippen LogP contribution is -2.40. The van der Waals surface area contributed by atoms with E-state index in [2.05, 4.69) is 12.2 Å². The highest BCUT2D eigenvalue weighted by Gasteiger charge is 2.19. The highest BCUT2D eigenvalue weighted by atomic mass is 16.5. The van der Waals surface area contributed by atoms with Gasteiger partial charge in [0.2, 0.25) is 11.8 Å². The molecule has 0 bridgehead atoms. The van der Waals surface area contributed by atoms with E-state index in [1.807, 2.05) is 19.1 Å². The Morgan fingerprint density at radius 1 is 1.33 bits per heavy atom. The Morgan fingerprint density at radius 2 is 2.05 bits per heavy atom. The van der Waals surface area contributed by atoms with Crippen LogP contribution in [-0.4, -0.2) is 32.0 Å². The van der Waals surface area contributed by atoms with Gasteiger partial charge in [-0.2, -0.15) is 0 Å². The number of unbranched alkanes of at least 4 members (excludes halogenated alkanes) is 1. The van der Waals surface area contributed by atoms with Crippen LogP contribution in [0.15, 0.2) is 18.2 Å². The molecule has 0 aliphatic rings. The van der Waals surface area contributed by atoms with Crippen molar-refractivity contribution in [1.82, 2.24) is 5.32 Å². The molecule has 2 amide bonds. The molecular formula is C16H24N2O3.